The normalized spacial score (nSPS) is 16.1. The number of amides is 1. The Morgan fingerprint density at radius 3 is 2.47 bits per heavy atom. The average Bonchev–Trinajstić information content (AvgIpc) is 3.39. The number of rotatable bonds is 6. The Kier molecular flexibility index (Phi) is 5.50. The van der Waals surface area contributed by atoms with Crippen molar-refractivity contribution in [2.45, 2.75) is 12.3 Å². The number of carbonyl (C=O) groups excluding carboxylic acids is 1. The first-order valence-corrected chi connectivity index (χ1v) is 9.61. The molecule has 2 aromatic carbocycles. The molecule has 1 aliphatic heterocycles. The van der Waals surface area contributed by atoms with E-state index >= 15 is 0 Å². The van der Waals surface area contributed by atoms with E-state index in [1.165, 1.54) is 21.3 Å². The van der Waals surface area contributed by atoms with Gasteiger partial charge in [0.05, 0.1) is 27.2 Å². The fraction of sp³-hybridized carbons (Fsp3) is 0.286. The molecule has 3 aromatic rings. The summed E-state index contributed by atoms with van der Waals surface area (Å²) >= 11 is 6.06. The summed E-state index contributed by atoms with van der Waals surface area (Å²) in [6.45, 7) is 0.441. The topological polar surface area (TPSA) is 86.9 Å². The fourth-order valence-electron chi connectivity index (χ4n) is 3.50. The molecule has 156 valence electrons. The van der Waals surface area contributed by atoms with Crippen molar-refractivity contribution in [3.8, 4) is 28.6 Å². The maximum atomic E-state index is 12.5. The lowest BCUT2D eigenvalue weighted by Crippen LogP contribution is -2.24. The number of benzene rings is 2. The summed E-state index contributed by atoms with van der Waals surface area (Å²) in [5.74, 6) is 2.00. The molecule has 1 aliphatic rings. The molecule has 0 N–H and O–H groups in total. The van der Waals surface area contributed by atoms with Crippen molar-refractivity contribution >= 4 is 23.2 Å². The van der Waals surface area contributed by atoms with Crippen LogP contribution in [0.15, 0.2) is 40.9 Å². The highest BCUT2D eigenvalue weighted by atomic mass is 35.5. The highest BCUT2D eigenvalue weighted by Crippen LogP contribution is 2.41. The number of halogens is 1. The summed E-state index contributed by atoms with van der Waals surface area (Å²) in [5, 5.41) is 4.66. The summed E-state index contributed by atoms with van der Waals surface area (Å²) < 4.78 is 21.6. The van der Waals surface area contributed by atoms with Gasteiger partial charge in [0.15, 0.2) is 11.5 Å². The third-order valence-electron chi connectivity index (χ3n) is 4.96. The Morgan fingerprint density at radius 1 is 1.10 bits per heavy atom. The first kappa shape index (κ1) is 20.0. The van der Waals surface area contributed by atoms with Gasteiger partial charge in [0.25, 0.3) is 0 Å². The van der Waals surface area contributed by atoms with Crippen LogP contribution in [0.2, 0.25) is 5.02 Å². The molecule has 1 atom stereocenters. The maximum Gasteiger partial charge on any atom is 0.232 e. The van der Waals surface area contributed by atoms with Crippen LogP contribution < -0.4 is 19.1 Å². The molecular formula is C21H20ClN3O5. The van der Waals surface area contributed by atoms with Gasteiger partial charge < -0.3 is 23.6 Å². The SMILES string of the molecule is COc1cc(-c2noc([C@H]3CC(=O)N(c4cccc(Cl)c4)C3)n2)cc(OC)c1OC. The van der Waals surface area contributed by atoms with Crippen LogP contribution in [0, 0.1) is 0 Å². The van der Waals surface area contributed by atoms with Gasteiger partial charge in [-0.1, -0.05) is 22.8 Å². The van der Waals surface area contributed by atoms with Crippen LogP contribution in [0.5, 0.6) is 17.2 Å². The standard InChI is InChI=1S/C21H20ClN3O5/c1-27-16-7-12(8-17(28-2)19(16)29-3)20-23-21(30-24-20)13-9-18(26)25(11-13)15-6-4-5-14(22)10-15/h4-8,10,13H,9,11H2,1-3H3/t13-/m0/s1. The number of hydrogen-bond acceptors (Lipinski definition) is 7. The molecule has 0 bridgehead atoms. The van der Waals surface area contributed by atoms with Gasteiger partial charge in [-0.05, 0) is 30.3 Å². The monoisotopic (exact) mass is 429 g/mol. The van der Waals surface area contributed by atoms with Crippen molar-refractivity contribution in [2.24, 2.45) is 0 Å². The summed E-state index contributed by atoms with van der Waals surface area (Å²) in [7, 11) is 4.61. The van der Waals surface area contributed by atoms with Gasteiger partial charge in [-0.2, -0.15) is 4.98 Å². The first-order chi connectivity index (χ1) is 14.5. The van der Waals surface area contributed by atoms with Crippen LogP contribution >= 0.6 is 11.6 Å². The van der Waals surface area contributed by atoms with Crippen molar-refractivity contribution in [1.82, 2.24) is 10.1 Å². The molecule has 2 heterocycles. The van der Waals surface area contributed by atoms with Crippen molar-refractivity contribution in [1.29, 1.82) is 0 Å². The van der Waals surface area contributed by atoms with Crippen LogP contribution in [0.3, 0.4) is 0 Å². The second kappa shape index (κ2) is 8.23. The number of carbonyl (C=O) groups is 1. The summed E-state index contributed by atoms with van der Waals surface area (Å²) in [4.78, 5) is 18.7. The zero-order chi connectivity index (χ0) is 21.3. The first-order valence-electron chi connectivity index (χ1n) is 9.24. The Morgan fingerprint density at radius 2 is 1.83 bits per heavy atom. The summed E-state index contributed by atoms with van der Waals surface area (Å²) in [6, 6.07) is 10.7. The molecule has 4 rings (SSSR count). The third-order valence-corrected chi connectivity index (χ3v) is 5.19. The molecule has 0 saturated carbocycles. The zero-order valence-electron chi connectivity index (χ0n) is 16.7. The van der Waals surface area contributed by atoms with Crippen molar-refractivity contribution in [3.63, 3.8) is 0 Å². The minimum absolute atomic E-state index is 0.0187. The minimum Gasteiger partial charge on any atom is -0.493 e. The minimum atomic E-state index is -0.209. The van der Waals surface area contributed by atoms with E-state index in [4.69, 9.17) is 30.3 Å². The Bertz CT molecular complexity index is 1060. The number of nitrogens with zero attached hydrogens (tertiary/aromatic N) is 3. The summed E-state index contributed by atoms with van der Waals surface area (Å²) in [6.07, 6.45) is 0.281. The molecule has 1 aromatic heterocycles. The molecule has 0 radical (unpaired) electrons. The van der Waals surface area contributed by atoms with Gasteiger partial charge in [-0.25, -0.2) is 0 Å². The fourth-order valence-corrected chi connectivity index (χ4v) is 3.68. The highest BCUT2D eigenvalue weighted by molar-refractivity contribution is 6.30. The van der Waals surface area contributed by atoms with Crippen molar-refractivity contribution in [3.05, 3.63) is 47.3 Å². The molecule has 30 heavy (non-hydrogen) atoms. The quantitative estimate of drug-likeness (QED) is 0.586. The number of methoxy groups -OCH3 is 3. The van der Waals surface area contributed by atoms with Gasteiger partial charge >= 0.3 is 0 Å². The lowest BCUT2D eigenvalue weighted by atomic mass is 10.1. The third kappa shape index (κ3) is 3.66. The van der Waals surface area contributed by atoms with E-state index in [0.717, 1.165) is 5.69 Å². The number of anilines is 1. The molecule has 0 aliphatic carbocycles. The molecule has 0 unspecified atom stereocenters. The zero-order valence-corrected chi connectivity index (χ0v) is 17.5. The van der Waals surface area contributed by atoms with Crippen LogP contribution in [-0.4, -0.2) is 43.9 Å². The van der Waals surface area contributed by atoms with Crippen LogP contribution in [-0.2, 0) is 4.79 Å². The van der Waals surface area contributed by atoms with E-state index in [1.807, 2.05) is 12.1 Å². The van der Waals surface area contributed by atoms with Gasteiger partial charge in [-0.15, -0.1) is 0 Å². The molecule has 8 nitrogen and oxygen atoms in total. The van der Waals surface area contributed by atoms with E-state index < -0.39 is 0 Å². The Labute approximate surface area is 178 Å². The van der Waals surface area contributed by atoms with E-state index in [9.17, 15) is 4.79 Å². The van der Waals surface area contributed by atoms with Gasteiger partial charge in [0.1, 0.15) is 0 Å². The van der Waals surface area contributed by atoms with Gasteiger partial charge in [-0.3, -0.25) is 4.79 Å². The van der Waals surface area contributed by atoms with Gasteiger partial charge in [0, 0.05) is 29.2 Å². The average molecular weight is 430 g/mol. The second-order valence-corrected chi connectivity index (χ2v) is 7.19. The molecule has 9 heteroatoms. The predicted octanol–water partition coefficient (Wildman–Crippen LogP) is 3.94. The Hall–Kier alpha value is -3.26. The van der Waals surface area contributed by atoms with Crippen molar-refractivity contribution < 1.29 is 23.5 Å². The molecular weight excluding hydrogens is 410 g/mol. The van der Waals surface area contributed by atoms with Gasteiger partial charge in [0.2, 0.25) is 23.4 Å². The molecule has 1 fully saturated rings. The van der Waals surface area contributed by atoms with E-state index in [0.29, 0.717) is 46.1 Å². The van der Waals surface area contributed by atoms with Crippen LogP contribution in [0.1, 0.15) is 18.2 Å². The van der Waals surface area contributed by atoms with Crippen LogP contribution in [0.25, 0.3) is 11.4 Å². The number of hydrogen-bond donors (Lipinski definition) is 0. The van der Waals surface area contributed by atoms with Crippen molar-refractivity contribution in [2.75, 3.05) is 32.8 Å². The second-order valence-electron chi connectivity index (χ2n) is 6.76. The smallest absolute Gasteiger partial charge is 0.232 e. The maximum absolute atomic E-state index is 12.5. The Balaban J connectivity index is 1.60. The number of ether oxygens (including phenoxy) is 3. The molecule has 0 spiro atoms. The predicted molar refractivity (Wildman–Crippen MR) is 111 cm³/mol. The lowest BCUT2D eigenvalue weighted by molar-refractivity contribution is -0.117. The lowest BCUT2D eigenvalue weighted by Gasteiger charge is -2.16. The molecule has 1 saturated heterocycles. The molecule has 1 amide bonds. The largest absolute Gasteiger partial charge is 0.493 e. The van der Waals surface area contributed by atoms with E-state index in [2.05, 4.69) is 10.1 Å². The summed E-state index contributed by atoms with van der Waals surface area (Å²) in [5.41, 5.74) is 1.40. The number of aromatic nitrogens is 2. The van der Waals surface area contributed by atoms with E-state index in [1.54, 1.807) is 29.2 Å². The van der Waals surface area contributed by atoms with E-state index in [-0.39, 0.29) is 18.2 Å². The highest BCUT2D eigenvalue weighted by Gasteiger charge is 2.35. The van der Waals surface area contributed by atoms with Crippen LogP contribution in [0.4, 0.5) is 5.69 Å².